The van der Waals surface area contributed by atoms with Gasteiger partial charge in [0.1, 0.15) is 11.5 Å². The van der Waals surface area contributed by atoms with Gasteiger partial charge in [0.15, 0.2) is 0 Å². The van der Waals surface area contributed by atoms with Crippen LogP contribution in [0.5, 0.6) is 0 Å². The summed E-state index contributed by atoms with van der Waals surface area (Å²) in [5.41, 5.74) is 1.01. The van der Waals surface area contributed by atoms with Crippen molar-refractivity contribution in [1.82, 2.24) is 19.7 Å². The second kappa shape index (κ2) is 7.00. The van der Waals surface area contributed by atoms with Crippen molar-refractivity contribution in [2.75, 3.05) is 0 Å². The van der Waals surface area contributed by atoms with Gasteiger partial charge in [-0.1, -0.05) is 26.8 Å². The fourth-order valence-electron chi connectivity index (χ4n) is 2.84. The normalized spacial score (nSPS) is 12.5. The Labute approximate surface area is 160 Å². The molecule has 2 aromatic heterocycles. The highest BCUT2D eigenvalue weighted by Crippen LogP contribution is 2.32. The molecule has 0 bridgehead atoms. The molecule has 0 unspecified atom stereocenters. The lowest BCUT2D eigenvalue weighted by atomic mass is 9.90. The van der Waals surface area contributed by atoms with Crippen molar-refractivity contribution in [2.45, 2.75) is 46.8 Å². The molecular weight excluding hydrogens is 369 g/mol. The van der Waals surface area contributed by atoms with Crippen LogP contribution in [0.3, 0.4) is 0 Å². The summed E-state index contributed by atoms with van der Waals surface area (Å²) in [5.74, 6) is -1.35. The Bertz CT molecular complexity index is 1020. The number of nitrogens with zero attached hydrogens (tertiary/aromatic N) is 4. The molecule has 0 saturated heterocycles. The van der Waals surface area contributed by atoms with E-state index in [1.165, 1.54) is 4.68 Å². The average molecular weight is 390 g/mol. The van der Waals surface area contributed by atoms with Crippen molar-refractivity contribution in [3.05, 3.63) is 42.1 Å². The maximum absolute atomic E-state index is 13.1. The van der Waals surface area contributed by atoms with E-state index < -0.39 is 17.7 Å². The predicted octanol–water partition coefficient (Wildman–Crippen LogP) is 4.98. The van der Waals surface area contributed by atoms with Gasteiger partial charge >= 0.3 is 6.18 Å². The van der Waals surface area contributed by atoms with Crippen molar-refractivity contribution in [2.24, 2.45) is 5.41 Å². The van der Waals surface area contributed by atoms with E-state index in [1.54, 1.807) is 37.5 Å². The zero-order valence-corrected chi connectivity index (χ0v) is 16.1. The van der Waals surface area contributed by atoms with Gasteiger partial charge in [0.05, 0.1) is 5.52 Å². The Balaban J connectivity index is 2.19. The number of alkyl halides is 3. The summed E-state index contributed by atoms with van der Waals surface area (Å²) in [7, 11) is 0. The van der Waals surface area contributed by atoms with Crippen molar-refractivity contribution in [3.63, 3.8) is 0 Å². The van der Waals surface area contributed by atoms with Crippen LogP contribution in [0.25, 0.3) is 22.0 Å². The fourth-order valence-corrected chi connectivity index (χ4v) is 2.84. The minimum absolute atomic E-state index is 0.173. The number of hydrogen-bond donors (Lipinski definition) is 0. The molecule has 0 amide bonds. The summed E-state index contributed by atoms with van der Waals surface area (Å²) in [4.78, 5) is 20.2. The molecule has 0 aliphatic heterocycles. The number of aromatic nitrogens is 4. The minimum Gasteiger partial charge on any atom is -0.282 e. The molecular formula is C20H21F3N4O. The maximum atomic E-state index is 13.1. The molecule has 1 aromatic carbocycles. The van der Waals surface area contributed by atoms with E-state index in [2.05, 4.69) is 15.1 Å². The van der Waals surface area contributed by atoms with E-state index in [-0.39, 0.29) is 10.8 Å². The zero-order valence-electron chi connectivity index (χ0n) is 16.1. The second-order valence-electron chi connectivity index (χ2n) is 7.60. The van der Waals surface area contributed by atoms with Crippen LogP contribution in [0.15, 0.2) is 30.6 Å². The van der Waals surface area contributed by atoms with Gasteiger partial charge in [-0.15, -0.1) is 0 Å². The van der Waals surface area contributed by atoms with Gasteiger partial charge in [0.25, 0.3) is 5.78 Å². The summed E-state index contributed by atoms with van der Waals surface area (Å²) in [6.45, 7) is 8.15. The highest BCUT2D eigenvalue weighted by molar-refractivity contribution is 6.09. The molecule has 28 heavy (non-hydrogen) atoms. The van der Waals surface area contributed by atoms with E-state index in [0.717, 1.165) is 6.42 Å². The number of hydrogen-bond acceptors (Lipinski definition) is 4. The number of Topliss-reactive ketones (excluding diaryl/α,β-unsaturated/α-hetero) is 1. The van der Waals surface area contributed by atoms with Crippen molar-refractivity contribution >= 4 is 16.7 Å². The van der Waals surface area contributed by atoms with Crippen LogP contribution in [0.2, 0.25) is 0 Å². The molecule has 0 saturated carbocycles. The molecule has 2 heterocycles. The minimum atomic E-state index is -4.99. The van der Waals surface area contributed by atoms with Gasteiger partial charge in [-0.3, -0.25) is 9.48 Å². The van der Waals surface area contributed by atoms with E-state index in [9.17, 15) is 18.0 Å². The first-order valence-electron chi connectivity index (χ1n) is 8.93. The zero-order chi connectivity index (χ0) is 20.7. The summed E-state index contributed by atoms with van der Waals surface area (Å²) < 4.78 is 40.9. The third-order valence-corrected chi connectivity index (χ3v) is 4.87. The van der Waals surface area contributed by atoms with Crippen molar-refractivity contribution in [3.8, 4) is 11.1 Å². The quantitative estimate of drug-likeness (QED) is 0.576. The SMILES string of the molecule is CCC(C)(C)Cn1nc(C(=O)C(F)(F)F)c2cc(-c3cnc(C)nc3)ccc21. The molecule has 148 valence electrons. The molecule has 0 fully saturated rings. The molecule has 8 heteroatoms. The van der Waals surface area contributed by atoms with E-state index in [4.69, 9.17) is 0 Å². The van der Waals surface area contributed by atoms with E-state index in [0.29, 0.717) is 29.0 Å². The smallest absolute Gasteiger partial charge is 0.282 e. The second-order valence-corrected chi connectivity index (χ2v) is 7.60. The summed E-state index contributed by atoms with van der Waals surface area (Å²) >= 11 is 0. The van der Waals surface area contributed by atoms with Gasteiger partial charge in [-0.25, -0.2) is 9.97 Å². The largest absolute Gasteiger partial charge is 0.456 e. The van der Waals surface area contributed by atoms with Crippen LogP contribution < -0.4 is 0 Å². The third-order valence-electron chi connectivity index (χ3n) is 4.87. The van der Waals surface area contributed by atoms with Crippen LogP contribution in [0.4, 0.5) is 13.2 Å². The molecule has 0 N–H and O–H groups in total. The van der Waals surface area contributed by atoms with Crippen LogP contribution in [0.1, 0.15) is 43.5 Å². The number of carbonyl (C=O) groups is 1. The molecule has 0 radical (unpaired) electrons. The topological polar surface area (TPSA) is 60.7 Å². The van der Waals surface area contributed by atoms with Crippen LogP contribution in [-0.4, -0.2) is 31.7 Å². The summed E-state index contributed by atoms with van der Waals surface area (Å²) in [6.07, 6.45) is -0.982. The van der Waals surface area contributed by atoms with Crippen LogP contribution >= 0.6 is 0 Å². The van der Waals surface area contributed by atoms with Crippen molar-refractivity contribution < 1.29 is 18.0 Å². The number of fused-ring (bicyclic) bond motifs is 1. The number of rotatable bonds is 5. The molecule has 0 aliphatic carbocycles. The standard InChI is InChI=1S/C20H21F3N4O/c1-5-19(3,4)11-27-16-7-6-13(14-9-24-12(2)25-10-14)8-15(16)17(26-27)18(28)20(21,22)23/h6-10H,5,11H2,1-4H3. The van der Waals surface area contributed by atoms with Gasteiger partial charge in [-0.05, 0) is 36.5 Å². The number of ketones is 1. The van der Waals surface area contributed by atoms with Gasteiger partial charge in [0.2, 0.25) is 0 Å². The third kappa shape index (κ3) is 3.90. The summed E-state index contributed by atoms with van der Waals surface area (Å²) in [5, 5.41) is 4.23. The first-order valence-corrected chi connectivity index (χ1v) is 8.93. The predicted molar refractivity (Wildman–Crippen MR) is 100.0 cm³/mol. The van der Waals surface area contributed by atoms with Gasteiger partial charge in [-0.2, -0.15) is 18.3 Å². The first kappa shape index (κ1) is 20.0. The average Bonchev–Trinajstić information content (AvgIpc) is 2.98. The molecule has 5 nitrogen and oxygen atoms in total. The van der Waals surface area contributed by atoms with E-state index >= 15 is 0 Å². The number of aryl methyl sites for hydroxylation is 1. The molecule has 3 aromatic rings. The first-order chi connectivity index (χ1) is 13.0. The number of halogens is 3. The van der Waals surface area contributed by atoms with E-state index in [1.807, 2.05) is 20.8 Å². The molecule has 3 rings (SSSR count). The van der Waals surface area contributed by atoms with Crippen molar-refractivity contribution in [1.29, 1.82) is 0 Å². The monoisotopic (exact) mass is 390 g/mol. The molecule has 0 aliphatic rings. The fraction of sp³-hybridized carbons (Fsp3) is 0.400. The lowest BCUT2D eigenvalue weighted by Crippen LogP contribution is -2.24. The lowest BCUT2D eigenvalue weighted by molar-refractivity contribution is -0.0887. The van der Waals surface area contributed by atoms with Gasteiger partial charge < -0.3 is 0 Å². The van der Waals surface area contributed by atoms with Gasteiger partial charge in [0, 0.05) is 29.9 Å². The van der Waals surface area contributed by atoms with Crippen LogP contribution in [0, 0.1) is 12.3 Å². The highest BCUT2D eigenvalue weighted by atomic mass is 19.4. The molecule has 0 spiro atoms. The van der Waals surface area contributed by atoms with Crippen LogP contribution in [-0.2, 0) is 6.54 Å². The summed E-state index contributed by atoms with van der Waals surface area (Å²) in [6, 6.07) is 5.01. The Hall–Kier alpha value is -2.77. The Morgan fingerprint density at radius 3 is 2.32 bits per heavy atom. The Morgan fingerprint density at radius 2 is 1.75 bits per heavy atom. The highest BCUT2D eigenvalue weighted by Gasteiger charge is 2.42. The Morgan fingerprint density at radius 1 is 1.11 bits per heavy atom. The number of carbonyl (C=O) groups excluding carboxylic acids is 1. The Kier molecular flexibility index (Phi) is 4.99. The molecule has 0 atom stereocenters. The maximum Gasteiger partial charge on any atom is 0.456 e. The number of benzene rings is 1. The lowest BCUT2D eigenvalue weighted by Gasteiger charge is -2.22.